The number of aromatic carboxylic acids is 1. The summed E-state index contributed by atoms with van der Waals surface area (Å²) in [6, 6.07) is 13.6. The summed E-state index contributed by atoms with van der Waals surface area (Å²) >= 11 is 1.24. The fourth-order valence-corrected chi connectivity index (χ4v) is 3.63. The standard InChI is InChI=1S/C24H24N4O5S/c1-15-10-16(2)27-24(26-15)34-14-22(29)28-25-12-18-6-9-20(21(11-18)32-3)33-13-17-4-7-19(8-5-17)23(30)31/h4-12H,13-14H2,1-3H3,(H,28,29)(H,30,31)/b25-12-. The van der Waals surface area contributed by atoms with Gasteiger partial charge < -0.3 is 14.6 Å². The highest BCUT2D eigenvalue weighted by molar-refractivity contribution is 7.99. The molecule has 10 heteroatoms. The summed E-state index contributed by atoms with van der Waals surface area (Å²) in [6.45, 7) is 4.01. The van der Waals surface area contributed by atoms with Gasteiger partial charge in [0.1, 0.15) is 6.61 Å². The molecular weight excluding hydrogens is 456 g/mol. The van der Waals surface area contributed by atoms with Gasteiger partial charge in [-0.05, 0) is 61.4 Å². The second-order valence-electron chi connectivity index (χ2n) is 7.22. The van der Waals surface area contributed by atoms with Crippen LogP contribution in [-0.4, -0.2) is 46.0 Å². The van der Waals surface area contributed by atoms with Crippen LogP contribution >= 0.6 is 11.8 Å². The van der Waals surface area contributed by atoms with Crippen LogP contribution in [0, 0.1) is 13.8 Å². The number of ether oxygens (including phenoxy) is 2. The largest absolute Gasteiger partial charge is 0.493 e. The minimum absolute atomic E-state index is 0.143. The van der Waals surface area contributed by atoms with E-state index in [1.807, 2.05) is 19.9 Å². The van der Waals surface area contributed by atoms with Gasteiger partial charge in [0, 0.05) is 11.4 Å². The zero-order chi connectivity index (χ0) is 24.5. The van der Waals surface area contributed by atoms with Crippen LogP contribution in [0.2, 0.25) is 0 Å². The number of thioether (sulfide) groups is 1. The average Bonchev–Trinajstić information content (AvgIpc) is 2.81. The number of hydrogen-bond acceptors (Lipinski definition) is 8. The molecule has 2 aromatic carbocycles. The molecule has 0 aliphatic carbocycles. The van der Waals surface area contributed by atoms with Crippen LogP contribution in [0.4, 0.5) is 0 Å². The Morgan fingerprint density at radius 2 is 1.76 bits per heavy atom. The van der Waals surface area contributed by atoms with Crippen LogP contribution in [0.3, 0.4) is 0 Å². The fraction of sp³-hybridized carbons (Fsp3) is 0.208. The lowest BCUT2D eigenvalue weighted by Gasteiger charge is -2.11. The maximum Gasteiger partial charge on any atom is 0.335 e. The number of carbonyl (C=O) groups excluding carboxylic acids is 1. The summed E-state index contributed by atoms with van der Waals surface area (Å²) in [6.07, 6.45) is 1.51. The highest BCUT2D eigenvalue weighted by Gasteiger charge is 2.08. The van der Waals surface area contributed by atoms with Crippen molar-refractivity contribution in [3.63, 3.8) is 0 Å². The van der Waals surface area contributed by atoms with Gasteiger partial charge in [-0.1, -0.05) is 23.9 Å². The van der Waals surface area contributed by atoms with Crippen molar-refractivity contribution in [1.29, 1.82) is 0 Å². The van der Waals surface area contributed by atoms with E-state index in [1.165, 1.54) is 37.2 Å². The lowest BCUT2D eigenvalue weighted by molar-refractivity contribution is -0.118. The Hall–Kier alpha value is -3.92. The Labute approximate surface area is 201 Å². The van der Waals surface area contributed by atoms with Gasteiger partial charge in [-0.15, -0.1) is 0 Å². The minimum Gasteiger partial charge on any atom is -0.493 e. The first kappa shape index (κ1) is 24.7. The molecule has 0 fully saturated rings. The molecule has 1 heterocycles. The van der Waals surface area contributed by atoms with Crippen LogP contribution in [0.25, 0.3) is 0 Å². The first-order chi connectivity index (χ1) is 16.3. The SMILES string of the molecule is COc1cc(/C=N\NC(=O)CSc2nc(C)cc(C)n2)ccc1OCc1ccc(C(=O)O)cc1. The molecule has 0 spiro atoms. The van der Waals surface area contributed by atoms with Crippen molar-refractivity contribution >= 4 is 29.9 Å². The van der Waals surface area contributed by atoms with Crippen molar-refractivity contribution in [2.75, 3.05) is 12.9 Å². The van der Waals surface area contributed by atoms with Crippen LogP contribution in [0.5, 0.6) is 11.5 Å². The van der Waals surface area contributed by atoms with Gasteiger partial charge >= 0.3 is 5.97 Å². The van der Waals surface area contributed by atoms with Gasteiger partial charge in [-0.25, -0.2) is 20.2 Å². The molecule has 9 nitrogen and oxygen atoms in total. The van der Waals surface area contributed by atoms with E-state index >= 15 is 0 Å². The lowest BCUT2D eigenvalue weighted by Crippen LogP contribution is -2.19. The number of hydrazone groups is 1. The number of carboxylic acids is 1. The Morgan fingerprint density at radius 3 is 2.41 bits per heavy atom. The molecule has 3 aromatic rings. The number of carbonyl (C=O) groups is 2. The monoisotopic (exact) mass is 480 g/mol. The van der Waals surface area contributed by atoms with Crippen LogP contribution in [0.1, 0.15) is 32.9 Å². The molecule has 0 atom stereocenters. The number of hydrogen-bond donors (Lipinski definition) is 2. The van der Waals surface area contributed by atoms with Crippen LogP contribution in [-0.2, 0) is 11.4 Å². The van der Waals surface area contributed by atoms with Crippen LogP contribution < -0.4 is 14.9 Å². The number of methoxy groups -OCH3 is 1. The third-order valence-corrected chi connectivity index (χ3v) is 5.33. The predicted molar refractivity (Wildman–Crippen MR) is 129 cm³/mol. The summed E-state index contributed by atoms with van der Waals surface area (Å²) in [5.41, 5.74) is 5.94. The molecule has 1 amide bonds. The van der Waals surface area contributed by atoms with Crippen molar-refractivity contribution < 1.29 is 24.2 Å². The molecule has 0 aliphatic heterocycles. The van der Waals surface area contributed by atoms with Gasteiger partial charge in [-0.2, -0.15) is 5.10 Å². The number of aryl methyl sites for hydroxylation is 2. The molecule has 34 heavy (non-hydrogen) atoms. The van der Waals surface area contributed by atoms with Crippen molar-refractivity contribution in [2.24, 2.45) is 5.10 Å². The molecular formula is C24H24N4O5S. The summed E-state index contributed by atoms with van der Waals surface area (Å²) in [4.78, 5) is 31.6. The van der Waals surface area contributed by atoms with E-state index in [0.29, 0.717) is 22.2 Å². The maximum atomic E-state index is 12.1. The van der Waals surface area contributed by atoms with Gasteiger partial charge in [0.05, 0.1) is 24.6 Å². The van der Waals surface area contributed by atoms with E-state index in [-0.39, 0.29) is 23.8 Å². The van der Waals surface area contributed by atoms with E-state index in [4.69, 9.17) is 14.6 Å². The zero-order valence-corrected chi connectivity index (χ0v) is 19.8. The quantitative estimate of drug-likeness (QED) is 0.195. The molecule has 0 radical (unpaired) electrons. The molecule has 1 aromatic heterocycles. The normalized spacial score (nSPS) is 10.8. The Morgan fingerprint density at radius 1 is 1.06 bits per heavy atom. The van der Waals surface area contributed by atoms with E-state index in [1.54, 1.807) is 30.3 Å². The third kappa shape index (κ3) is 7.31. The second-order valence-corrected chi connectivity index (χ2v) is 8.16. The summed E-state index contributed by atoms with van der Waals surface area (Å²) in [7, 11) is 1.53. The molecule has 0 aliphatic rings. The Kier molecular flexibility index (Phi) is 8.58. The van der Waals surface area contributed by atoms with E-state index in [0.717, 1.165) is 17.0 Å². The highest BCUT2D eigenvalue weighted by atomic mass is 32.2. The van der Waals surface area contributed by atoms with Gasteiger partial charge in [0.15, 0.2) is 16.7 Å². The zero-order valence-electron chi connectivity index (χ0n) is 18.9. The summed E-state index contributed by atoms with van der Waals surface area (Å²) < 4.78 is 11.2. The molecule has 2 N–H and O–H groups in total. The number of nitrogens with one attached hydrogen (secondary N) is 1. The van der Waals surface area contributed by atoms with E-state index in [2.05, 4.69) is 20.5 Å². The third-order valence-electron chi connectivity index (χ3n) is 4.48. The van der Waals surface area contributed by atoms with Gasteiger partial charge in [0.2, 0.25) is 0 Å². The number of rotatable bonds is 10. The maximum absolute atomic E-state index is 12.1. The van der Waals surface area contributed by atoms with Crippen molar-refractivity contribution in [1.82, 2.24) is 15.4 Å². The van der Waals surface area contributed by atoms with E-state index < -0.39 is 5.97 Å². The second kappa shape index (κ2) is 11.8. The molecule has 0 saturated heterocycles. The van der Waals surface area contributed by atoms with Crippen molar-refractivity contribution in [3.05, 3.63) is 76.6 Å². The minimum atomic E-state index is -0.975. The lowest BCUT2D eigenvalue weighted by atomic mass is 10.1. The topological polar surface area (TPSA) is 123 Å². The number of benzene rings is 2. The Balaban J connectivity index is 1.52. The fourth-order valence-electron chi connectivity index (χ4n) is 2.89. The number of amides is 1. The summed E-state index contributed by atoms with van der Waals surface area (Å²) in [5.74, 6) is -0.0820. The van der Waals surface area contributed by atoms with Crippen molar-refractivity contribution in [2.45, 2.75) is 25.6 Å². The first-order valence-electron chi connectivity index (χ1n) is 10.2. The van der Waals surface area contributed by atoms with Gasteiger partial charge in [-0.3, -0.25) is 4.79 Å². The smallest absolute Gasteiger partial charge is 0.335 e. The molecule has 0 saturated carbocycles. The highest BCUT2D eigenvalue weighted by Crippen LogP contribution is 2.28. The Bertz CT molecular complexity index is 1180. The number of nitrogens with zero attached hydrogens (tertiary/aromatic N) is 3. The number of carboxylic acid groups (broad SMARTS) is 1. The number of aromatic nitrogens is 2. The summed E-state index contributed by atoms with van der Waals surface area (Å²) in [5, 5.41) is 13.5. The van der Waals surface area contributed by atoms with Gasteiger partial charge in [0.25, 0.3) is 5.91 Å². The van der Waals surface area contributed by atoms with Crippen molar-refractivity contribution in [3.8, 4) is 11.5 Å². The predicted octanol–water partition coefficient (Wildman–Crippen LogP) is 3.62. The first-order valence-corrected chi connectivity index (χ1v) is 11.2. The molecule has 0 bridgehead atoms. The van der Waals surface area contributed by atoms with Crippen LogP contribution in [0.15, 0.2) is 58.8 Å². The molecule has 3 rings (SSSR count). The van der Waals surface area contributed by atoms with E-state index in [9.17, 15) is 9.59 Å². The molecule has 176 valence electrons. The average molecular weight is 481 g/mol. The molecule has 0 unspecified atom stereocenters.